The topological polar surface area (TPSA) is 93.4 Å². The van der Waals surface area contributed by atoms with Gasteiger partial charge in [0.2, 0.25) is 5.91 Å². The number of amides is 2. The number of nitrogens with two attached hydrogens (primary N) is 1. The Balaban J connectivity index is 1.76. The van der Waals surface area contributed by atoms with Gasteiger partial charge in [0.1, 0.15) is 5.75 Å². The summed E-state index contributed by atoms with van der Waals surface area (Å²) in [6.07, 6.45) is 2.93. The average Bonchev–Trinajstić information content (AvgIpc) is 2.59. The van der Waals surface area contributed by atoms with Crippen molar-refractivity contribution in [2.24, 2.45) is 17.6 Å². The Labute approximate surface area is 143 Å². The van der Waals surface area contributed by atoms with Crippen LogP contribution in [0.5, 0.6) is 5.75 Å². The summed E-state index contributed by atoms with van der Waals surface area (Å²) < 4.78 is 5.26. The molecule has 1 aliphatic rings. The third-order valence-electron chi connectivity index (χ3n) is 4.42. The molecule has 24 heavy (non-hydrogen) atoms. The van der Waals surface area contributed by atoms with E-state index in [0.29, 0.717) is 30.6 Å². The van der Waals surface area contributed by atoms with Gasteiger partial charge in [-0.2, -0.15) is 0 Å². The highest BCUT2D eigenvalue weighted by atomic mass is 16.5. The molecule has 0 radical (unpaired) electrons. The molecule has 1 fully saturated rings. The predicted octanol–water partition coefficient (Wildman–Crippen LogP) is 1.19. The van der Waals surface area contributed by atoms with Gasteiger partial charge in [-0.15, -0.1) is 0 Å². The Bertz CT molecular complexity index is 556. The molecule has 0 aromatic heterocycles. The van der Waals surface area contributed by atoms with Crippen molar-refractivity contribution in [2.45, 2.75) is 32.7 Å². The highest BCUT2D eigenvalue weighted by Crippen LogP contribution is 2.22. The van der Waals surface area contributed by atoms with Gasteiger partial charge in [-0.1, -0.05) is 19.1 Å². The van der Waals surface area contributed by atoms with Gasteiger partial charge >= 0.3 is 0 Å². The number of hydrogen-bond acceptors (Lipinski definition) is 4. The van der Waals surface area contributed by atoms with Crippen LogP contribution in [0, 0.1) is 11.8 Å². The first-order valence-corrected chi connectivity index (χ1v) is 8.52. The Morgan fingerprint density at radius 1 is 1.46 bits per heavy atom. The van der Waals surface area contributed by atoms with E-state index in [4.69, 9.17) is 10.5 Å². The summed E-state index contributed by atoms with van der Waals surface area (Å²) in [5.74, 6) is 1.08. The van der Waals surface area contributed by atoms with Crippen LogP contribution >= 0.6 is 0 Å². The number of carbonyl (C=O) groups excluding carboxylic acids is 2. The summed E-state index contributed by atoms with van der Waals surface area (Å²) in [5, 5.41) is 6.35. The molecule has 1 aromatic carbocycles. The molecule has 1 saturated heterocycles. The lowest BCUT2D eigenvalue weighted by atomic mass is 9.85. The lowest BCUT2D eigenvalue weighted by Crippen LogP contribution is -2.35. The average molecular weight is 333 g/mol. The number of rotatable bonds is 8. The first-order chi connectivity index (χ1) is 11.5. The van der Waals surface area contributed by atoms with Crippen molar-refractivity contribution in [2.75, 3.05) is 19.7 Å². The van der Waals surface area contributed by atoms with E-state index in [-0.39, 0.29) is 12.5 Å². The molecule has 0 aliphatic carbocycles. The van der Waals surface area contributed by atoms with Gasteiger partial charge in [0.25, 0.3) is 5.91 Å². The maximum absolute atomic E-state index is 12.1. The molecule has 0 bridgehead atoms. The molecule has 132 valence electrons. The Kier molecular flexibility index (Phi) is 7.06. The zero-order valence-electron chi connectivity index (χ0n) is 14.2. The third kappa shape index (κ3) is 6.20. The molecule has 2 unspecified atom stereocenters. The van der Waals surface area contributed by atoms with Gasteiger partial charge < -0.3 is 21.1 Å². The highest BCUT2D eigenvalue weighted by molar-refractivity contribution is 5.76. The maximum Gasteiger partial charge on any atom is 0.255 e. The van der Waals surface area contributed by atoms with Gasteiger partial charge in [0, 0.05) is 13.0 Å². The summed E-state index contributed by atoms with van der Waals surface area (Å²) in [6.45, 7) is 4.54. The van der Waals surface area contributed by atoms with E-state index in [9.17, 15) is 9.59 Å². The fourth-order valence-corrected chi connectivity index (χ4v) is 3.00. The van der Waals surface area contributed by atoms with Crippen LogP contribution in [0.25, 0.3) is 0 Å². The summed E-state index contributed by atoms with van der Waals surface area (Å²) in [6, 6.07) is 7.30. The molecule has 4 N–H and O–H groups in total. The van der Waals surface area contributed by atoms with Crippen LogP contribution < -0.4 is 21.1 Å². The molecule has 1 aromatic rings. The molecule has 2 atom stereocenters. The smallest absolute Gasteiger partial charge is 0.255 e. The van der Waals surface area contributed by atoms with Crippen molar-refractivity contribution in [3.8, 4) is 5.75 Å². The van der Waals surface area contributed by atoms with Crippen LogP contribution in [-0.4, -0.2) is 31.5 Å². The molecular formula is C18H27N3O3. The van der Waals surface area contributed by atoms with E-state index in [2.05, 4.69) is 17.6 Å². The highest BCUT2D eigenvalue weighted by Gasteiger charge is 2.21. The molecule has 0 saturated carbocycles. The largest absolute Gasteiger partial charge is 0.484 e. The zero-order valence-corrected chi connectivity index (χ0v) is 14.2. The molecule has 6 heteroatoms. The Morgan fingerprint density at radius 3 is 3.00 bits per heavy atom. The van der Waals surface area contributed by atoms with Crippen LogP contribution in [-0.2, 0) is 16.1 Å². The van der Waals surface area contributed by atoms with Crippen molar-refractivity contribution in [1.82, 2.24) is 10.6 Å². The molecule has 6 nitrogen and oxygen atoms in total. The second kappa shape index (κ2) is 9.27. The minimum atomic E-state index is -0.514. The van der Waals surface area contributed by atoms with Crippen LogP contribution in [0.2, 0.25) is 0 Å². The third-order valence-corrected chi connectivity index (χ3v) is 4.42. The van der Waals surface area contributed by atoms with Gasteiger partial charge in [-0.25, -0.2) is 0 Å². The van der Waals surface area contributed by atoms with Crippen molar-refractivity contribution in [3.05, 3.63) is 29.8 Å². The number of carbonyl (C=O) groups is 2. The van der Waals surface area contributed by atoms with Gasteiger partial charge in [-0.05, 0) is 55.5 Å². The first kappa shape index (κ1) is 18.3. The maximum atomic E-state index is 12.1. The molecule has 2 rings (SSSR count). The van der Waals surface area contributed by atoms with Gasteiger partial charge in [0.05, 0.1) is 0 Å². The van der Waals surface area contributed by atoms with E-state index in [1.54, 1.807) is 12.1 Å². The SMILES string of the molecule is CC(CC(=O)NCc1cccc(OCC(N)=O)c1)C1CCCNC1. The van der Waals surface area contributed by atoms with Crippen LogP contribution in [0.3, 0.4) is 0 Å². The monoisotopic (exact) mass is 333 g/mol. The zero-order chi connectivity index (χ0) is 17.4. The Morgan fingerprint density at radius 2 is 2.29 bits per heavy atom. The van der Waals surface area contributed by atoms with Crippen molar-refractivity contribution in [3.63, 3.8) is 0 Å². The lowest BCUT2D eigenvalue weighted by molar-refractivity contribution is -0.122. The molecular weight excluding hydrogens is 306 g/mol. The lowest BCUT2D eigenvalue weighted by Gasteiger charge is -2.28. The van der Waals surface area contributed by atoms with Gasteiger partial charge in [-0.3, -0.25) is 9.59 Å². The van der Waals surface area contributed by atoms with E-state index in [1.165, 1.54) is 12.8 Å². The molecule has 1 heterocycles. The first-order valence-electron chi connectivity index (χ1n) is 8.52. The number of hydrogen-bond donors (Lipinski definition) is 3. The summed E-state index contributed by atoms with van der Waals surface area (Å²) in [5.41, 5.74) is 5.99. The molecule has 0 spiro atoms. The van der Waals surface area contributed by atoms with Crippen molar-refractivity contribution in [1.29, 1.82) is 0 Å². The minimum absolute atomic E-state index is 0.0662. The van der Waals surface area contributed by atoms with Crippen molar-refractivity contribution < 1.29 is 14.3 Å². The van der Waals surface area contributed by atoms with E-state index in [1.807, 2.05) is 12.1 Å². The number of piperidine rings is 1. The fourth-order valence-electron chi connectivity index (χ4n) is 3.00. The standard InChI is InChI=1S/C18H27N3O3/c1-13(15-5-3-7-20-11-15)8-18(23)21-10-14-4-2-6-16(9-14)24-12-17(19)22/h2,4,6,9,13,15,20H,3,5,7-8,10-12H2,1H3,(H2,19,22)(H,21,23). The van der Waals surface area contributed by atoms with Gasteiger partial charge in [0.15, 0.2) is 6.61 Å². The number of nitrogens with one attached hydrogen (secondary N) is 2. The quantitative estimate of drug-likeness (QED) is 0.666. The number of primary amides is 1. The number of benzene rings is 1. The predicted molar refractivity (Wildman–Crippen MR) is 92.4 cm³/mol. The van der Waals surface area contributed by atoms with E-state index < -0.39 is 5.91 Å². The fraction of sp³-hybridized carbons (Fsp3) is 0.556. The van der Waals surface area contributed by atoms with Crippen LogP contribution in [0.15, 0.2) is 24.3 Å². The van der Waals surface area contributed by atoms with E-state index >= 15 is 0 Å². The molecule has 2 amide bonds. The Hall–Kier alpha value is -2.08. The van der Waals surface area contributed by atoms with Crippen molar-refractivity contribution >= 4 is 11.8 Å². The summed E-state index contributed by atoms with van der Waals surface area (Å²) in [7, 11) is 0. The summed E-state index contributed by atoms with van der Waals surface area (Å²) in [4.78, 5) is 22.9. The second-order valence-electron chi connectivity index (χ2n) is 6.47. The second-order valence-corrected chi connectivity index (χ2v) is 6.47. The van der Waals surface area contributed by atoms with Crippen LogP contribution in [0.4, 0.5) is 0 Å². The minimum Gasteiger partial charge on any atom is -0.484 e. The van der Waals surface area contributed by atoms with E-state index in [0.717, 1.165) is 18.7 Å². The molecule has 1 aliphatic heterocycles. The summed E-state index contributed by atoms with van der Waals surface area (Å²) >= 11 is 0. The normalized spacial score (nSPS) is 18.6. The number of ether oxygens (including phenoxy) is 1. The van der Waals surface area contributed by atoms with Crippen LogP contribution in [0.1, 0.15) is 31.7 Å².